The summed E-state index contributed by atoms with van der Waals surface area (Å²) < 4.78 is 0. The lowest BCUT2D eigenvalue weighted by Gasteiger charge is -2.36. The number of carbonyl (C=O) groups is 3. The van der Waals surface area contributed by atoms with Gasteiger partial charge in [0.1, 0.15) is 5.82 Å². The molecule has 3 aliphatic heterocycles. The lowest BCUT2D eigenvalue weighted by Crippen LogP contribution is -2.49. The number of anilines is 2. The van der Waals surface area contributed by atoms with Gasteiger partial charge in [-0.1, -0.05) is 19.1 Å². The maximum Gasteiger partial charge on any atom is 0.322 e. The van der Waals surface area contributed by atoms with Crippen LogP contribution in [0.4, 0.5) is 16.3 Å². The Morgan fingerprint density at radius 1 is 1.03 bits per heavy atom. The van der Waals surface area contributed by atoms with Crippen LogP contribution in [-0.4, -0.2) is 73.5 Å². The zero-order valence-corrected chi connectivity index (χ0v) is 20.5. The molecule has 184 valence electrons. The monoisotopic (exact) mass is 476 g/mol. The standard InChI is InChI=1S/C26H32N6O3/c1-16-12-17(2)23(28-14-16)30-8-10-31(11-9-30)25(34)20-5-4-19(22-18(3)15-29-24(22)33)13-21(20)32-7-6-27-26(32)35/h4-5,12-14,18,22H,6-11,15H2,1-3H3,(H,27,35)(H,29,33)/t18?,22-/m1/s1. The van der Waals surface area contributed by atoms with E-state index in [4.69, 9.17) is 0 Å². The maximum atomic E-state index is 13.7. The van der Waals surface area contributed by atoms with Crippen molar-refractivity contribution in [2.45, 2.75) is 26.7 Å². The molecule has 0 aliphatic carbocycles. The van der Waals surface area contributed by atoms with E-state index in [0.717, 1.165) is 22.5 Å². The normalized spacial score (nSPS) is 22.4. The highest BCUT2D eigenvalue weighted by atomic mass is 16.2. The third kappa shape index (κ3) is 4.31. The minimum atomic E-state index is -0.280. The van der Waals surface area contributed by atoms with Gasteiger partial charge < -0.3 is 20.4 Å². The Hall–Kier alpha value is -3.62. The fourth-order valence-corrected chi connectivity index (χ4v) is 5.41. The van der Waals surface area contributed by atoms with Crippen LogP contribution in [0.15, 0.2) is 30.5 Å². The Kier molecular flexibility index (Phi) is 6.08. The number of pyridine rings is 1. The molecule has 35 heavy (non-hydrogen) atoms. The Balaban J connectivity index is 1.39. The molecular weight excluding hydrogens is 444 g/mol. The summed E-state index contributed by atoms with van der Waals surface area (Å²) in [6, 6.07) is 7.42. The van der Waals surface area contributed by atoms with E-state index in [1.54, 1.807) is 11.0 Å². The second kappa shape index (κ2) is 9.20. The summed E-state index contributed by atoms with van der Waals surface area (Å²) in [6.45, 7) is 10.3. The summed E-state index contributed by atoms with van der Waals surface area (Å²) in [7, 11) is 0. The van der Waals surface area contributed by atoms with Crippen molar-refractivity contribution in [1.29, 1.82) is 0 Å². The van der Waals surface area contributed by atoms with Crippen molar-refractivity contribution >= 4 is 29.4 Å². The maximum absolute atomic E-state index is 13.7. The van der Waals surface area contributed by atoms with Gasteiger partial charge in [-0.2, -0.15) is 0 Å². The summed E-state index contributed by atoms with van der Waals surface area (Å²) in [5.41, 5.74) is 4.17. The molecule has 2 atom stereocenters. The second-order valence-electron chi connectivity index (χ2n) is 9.79. The van der Waals surface area contributed by atoms with Crippen LogP contribution in [0.5, 0.6) is 0 Å². The fourth-order valence-electron chi connectivity index (χ4n) is 5.41. The minimum absolute atomic E-state index is 0.00969. The summed E-state index contributed by atoms with van der Waals surface area (Å²) >= 11 is 0. The molecule has 2 N–H and O–H groups in total. The van der Waals surface area contributed by atoms with Crippen molar-refractivity contribution in [3.05, 3.63) is 52.7 Å². The quantitative estimate of drug-likeness (QED) is 0.704. The molecule has 9 heteroatoms. The molecule has 2 aromatic rings. The van der Waals surface area contributed by atoms with Crippen LogP contribution in [-0.2, 0) is 4.79 Å². The predicted octanol–water partition coefficient (Wildman–Crippen LogP) is 2.04. The summed E-state index contributed by atoms with van der Waals surface area (Å²) in [4.78, 5) is 48.9. The summed E-state index contributed by atoms with van der Waals surface area (Å²) in [5, 5.41) is 5.74. The SMILES string of the molecule is Cc1cnc(N2CCN(C(=O)c3ccc([C@@H]4C(=O)NCC4C)cc3N3CCNC3=O)CC2)c(C)c1. The molecule has 3 fully saturated rings. The molecule has 3 saturated heterocycles. The van der Waals surface area contributed by atoms with Gasteiger partial charge >= 0.3 is 6.03 Å². The number of hydrogen-bond acceptors (Lipinski definition) is 5. The second-order valence-corrected chi connectivity index (χ2v) is 9.79. The first-order valence-electron chi connectivity index (χ1n) is 12.3. The van der Waals surface area contributed by atoms with Gasteiger partial charge in [0.2, 0.25) is 5.91 Å². The summed E-state index contributed by atoms with van der Waals surface area (Å²) in [5.74, 6) is 0.729. The zero-order valence-electron chi connectivity index (χ0n) is 20.5. The van der Waals surface area contributed by atoms with Crippen LogP contribution >= 0.6 is 0 Å². The number of piperazine rings is 1. The van der Waals surface area contributed by atoms with Gasteiger partial charge in [0.05, 0.1) is 17.2 Å². The van der Waals surface area contributed by atoms with Gasteiger partial charge in [0.25, 0.3) is 5.91 Å². The van der Waals surface area contributed by atoms with Crippen LogP contribution in [0.1, 0.15) is 39.9 Å². The van der Waals surface area contributed by atoms with Gasteiger partial charge in [-0.3, -0.25) is 14.5 Å². The molecule has 0 radical (unpaired) electrons. The van der Waals surface area contributed by atoms with Crippen molar-refractivity contribution in [2.24, 2.45) is 5.92 Å². The number of rotatable bonds is 4. The van der Waals surface area contributed by atoms with Crippen molar-refractivity contribution in [1.82, 2.24) is 20.5 Å². The first-order valence-corrected chi connectivity index (χ1v) is 12.3. The lowest BCUT2D eigenvalue weighted by molar-refractivity contribution is -0.120. The van der Waals surface area contributed by atoms with E-state index in [9.17, 15) is 14.4 Å². The first kappa shape index (κ1) is 23.1. The number of nitrogens with zero attached hydrogens (tertiary/aromatic N) is 4. The predicted molar refractivity (Wildman–Crippen MR) is 134 cm³/mol. The number of amides is 4. The molecular formula is C26H32N6O3. The van der Waals surface area contributed by atoms with E-state index in [0.29, 0.717) is 57.1 Å². The van der Waals surface area contributed by atoms with Crippen LogP contribution < -0.4 is 20.4 Å². The van der Waals surface area contributed by atoms with E-state index in [2.05, 4.69) is 33.5 Å². The number of benzene rings is 1. The molecule has 0 saturated carbocycles. The number of nitrogens with one attached hydrogen (secondary N) is 2. The Labute approximate surface area is 205 Å². The van der Waals surface area contributed by atoms with E-state index < -0.39 is 0 Å². The van der Waals surface area contributed by atoms with Crippen LogP contribution in [0.3, 0.4) is 0 Å². The number of aromatic nitrogens is 1. The number of hydrogen-bond donors (Lipinski definition) is 2. The topological polar surface area (TPSA) is 97.9 Å². The van der Waals surface area contributed by atoms with Crippen LogP contribution in [0.2, 0.25) is 0 Å². The van der Waals surface area contributed by atoms with Gasteiger partial charge in [-0.05, 0) is 48.6 Å². The van der Waals surface area contributed by atoms with E-state index >= 15 is 0 Å². The first-order chi connectivity index (χ1) is 16.8. The molecule has 0 bridgehead atoms. The Bertz CT molecular complexity index is 1170. The minimum Gasteiger partial charge on any atom is -0.355 e. The van der Waals surface area contributed by atoms with Crippen molar-refractivity contribution < 1.29 is 14.4 Å². The number of urea groups is 1. The van der Waals surface area contributed by atoms with Crippen molar-refractivity contribution in [2.75, 3.05) is 55.6 Å². The summed E-state index contributed by atoms with van der Waals surface area (Å²) in [6.07, 6.45) is 1.88. The van der Waals surface area contributed by atoms with Crippen molar-refractivity contribution in [3.63, 3.8) is 0 Å². The molecule has 3 aliphatic rings. The molecule has 4 heterocycles. The smallest absolute Gasteiger partial charge is 0.322 e. The zero-order chi connectivity index (χ0) is 24.7. The van der Waals surface area contributed by atoms with Gasteiger partial charge in [-0.15, -0.1) is 0 Å². The molecule has 5 rings (SSSR count). The Morgan fingerprint density at radius 2 is 1.80 bits per heavy atom. The average molecular weight is 477 g/mol. The molecule has 0 spiro atoms. The van der Waals surface area contributed by atoms with E-state index in [-0.39, 0.29) is 29.7 Å². The van der Waals surface area contributed by atoms with Gasteiger partial charge in [-0.25, -0.2) is 9.78 Å². The Morgan fingerprint density at radius 3 is 2.43 bits per heavy atom. The highest BCUT2D eigenvalue weighted by Gasteiger charge is 2.35. The molecule has 1 unspecified atom stereocenters. The van der Waals surface area contributed by atoms with Gasteiger partial charge in [0.15, 0.2) is 0 Å². The van der Waals surface area contributed by atoms with Crippen LogP contribution in [0, 0.1) is 19.8 Å². The lowest BCUT2D eigenvalue weighted by atomic mass is 9.88. The third-order valence-electron chi connectivity index (χ3n) is 7.26. The highest BCUT2D eigenvalue weighted by Crippen LogP contribution is 2.34. The van der Waals surface area contributed by atoms with Crippen LogP contribution in [0.25, 0.3) is 0 Å². The molecule has 9 nitrogen and oxygen atoms in total. The molecule has 1 aromatic carbocycles. The highest BCUT2D eigenvalue weighted by molar-refractivity contribution is 6.05. The molecule has 1 aromatic heterocycles. The number of aryl methyl sites for hydroxylation is 2. The third-order valence-corrected chi connectivity index (χ3v) is 7.26. The average Bonchev–Trinajstić information content (AvgIpc) is 3.42. The fraction of sp³-hybridized carbons (Fsp3) is 0.462. The van der Waals surface area contributed by atoms with Crippen molar-refractivity contribution in [3.8, 4) is 0 Å². The largest absolute Gasteiger partial charge is 0.355 e. The number of carbonyl (C=O) groups excluding carboxylic acids is 3. The van der Waals surface area contributed by atoms with E-state index in [1.165, 1.54) is 0 Å². The van der Waals surface area contributed by atoms with E-state index in [1.807, 2.05) is 37.1 Å². The molecule has 4 amide bonds. The van der Waals surface area contributed by atoms with Gasteiger partial charge in [0, 0.05) is 52.0 Å².